The Hall–Kier alpha value is -2.08. The van der Waals surface area contributed by atoms with Gasteiger partial charge in [0.15, 0.2) is 6.61 Å². The van der Waals surface area contributed by atoms with Gasteiger partial charge >= 0.3 is 0 Å². The lowest BCUT2D eigenvalue weighted by Gasteiger charge is -2.18. The van der Waals surface area contributed by atoms with Crippen molar-refractivity contribution in [1.29, 1.82) is 0 Å². The molecule has 1 atom stereocenters. The van der Waals surface area contributed by atoms with Gasteiger partial charge in [-0.15, -0.1) is 0 Å². The number of hydrogen-bond acceptors (Lipinski definition) is 4. The van der Waals surface area contributed by atoms with Crippen LogP contribution in [0, 0.1) is 0 Å². The van der Waals surface area contributed by atoms with E-state index in [2.05, 4.69) is 10.6 Å². The topological polar surface area (TPSA) is 87.7 Å². The van der Waals surface area contributed by atoms with Crippen LogP contribution in [-0.2, 0) is 4.79 Å². The standard InChI is InChI=1S/C12H14N2O4/c1-7(15)5-13-12(17)8-2-3-9-10(4-8)18-6-11(16)14-9/h2-4,7,15H,5-6H2,1H3,(H,13,17)(H,14,16)/t7-/m1/s1. The molecule has 0 aromatic heterocycles. The minimum absolute atomic E-state index is 0.0499. The first-order chi connectivity index (χ1) is 8.56. The molecule has 2 amide bonds. The van der Waals surface area contributed by atoms with Gasteiger partial charge in [-0.3, -0.25) is 9.59 Å². The average molecular weight is 250 g/mol. The maximum atomic E-state index is 11.7. The molecule has 2 rings (SSSR count). The van der Waals surface area contributed by atoms with Crippen LogP contribution in [0.5, 0.6) is 5.75 Å². The summed E-state index contributed by atoms with van der Waals surface area (Å²) in [5.74, 6) is -0.0349. The monoisotopic (exact) mass is 250 g/mol. The first kappa shape index (κ1) is 12.4. The van der Waals surface area contributed by atoms with Gasteiger partial charge in [-0.05, 0) is 25.1 Å². The lowest BCUT2D eigenvalue weighted by atomic mass is 10.1. The van der Waals surface area contributed by atoms with Crippen molar-refractivity contribution in [2.75, 3.05) is 18.5 Å². The van der Waals surface area contributed by atoms with Crippen molar-refractivity contribution in [2.24, 2.45) is 0 Å². The molecule has 1 aromatic carbocycles. The summed E-state index contributed by atoms with van der Waals surface area (Å²) in [5, 5.41) is 14.3. The number of benzene rings is 1. The fourth-order valence-corrected chi connectivity index (χ4v) is 1.56. The van der Waals surface area contributed by atoms with Gasteiger partial charge in [0.2, 0.25) is 0 Å². The van der Waals surface area contributed by atoms with E-state index in [-0.39, 0.29) is 25.0 Å². The summed E-state index contributed by atoms with van der Waals surface area (Å²) >= 11 is 0. The normalized spacial score (nSPS) is 15.1. The van der Waals surface area contributed by atoms with E-state index in [4.69, 9.17) is 9.84 Å². The highest BCUT2D eigenvalue weighted by atomic mass is 16.5. The summed E-state index contributed by atoms with van der Waals surface area (Å²) in [6.45, 7) is 1.73. The predicted octanol–water partition coefficient (Wildman–Crippen LogP) is 0.128. The Morgan fingerprint density at radius 1 is 1.61 bits per heavy atom. The van der Waals surface area contributed by atoms with Gasteiger partial charge in [-0.25, -0.2) is 0 Å². The summed E-state index contributed by atoms with van der Waals surface area (Å²) < 4.78 is 5.21. The first-order valence-electron chi connectivity index (χ1n) is 5.59. The summed E-state index contributed by atoms with van der Waals surface area (Å²) in [6.07, 6.45) is -0.595. The Balaban J connectivity index is 2.11. The molecule has 6 nitrogen and oxygen atoms in total. The quantitative estimate of drug-likeness (QED) is 0.711. The molecule has 0 radical (unpaired) electrons. The van der Waals surface area contributed by atoms with E-state index in [1.54, 1.807) is 25.1 Å². The molecule has 0 saturated heterocycles. The molecule has 0 spiro atoms. The molecular formula is C12H14N2O4. The molecule has 1 aromatic rings. The zero-order valence-electron chi connectivity index (χ0n) is 9.90. The zero-order chi connectivity index (χ0) is 13.1. The van der Waals surface area contributed by atoms with Crippen LogP contribution in [0.15, 0.2) is 18.2 Å². The molecule has 1 heterocycles. The van der Waals surface area contributed by atoms with E-state index in [1.165, 1.54) is 0 Å². The summed E-state index contributed by atoms with van der Waals surface area (Å²) in [5.41, 5.74) is 0.976. The minimum atomic E-state index is -0.595. The molecule has 0 unspecified atom stereocenters. The Morgan fingerprint density at radius 2 is 2.39 bits per heavy atom. The van der Waals surface area contributed by atoms with Crippen LogP contribution in [0.25, 0.3) is 0 Å². The molecule has 0 saturated carbocycles. The molecule has 18 heavy (non-hydrogen) atoms. The van der Waals surface area contributed by atoms with E-state index in [0.717, 1.165) is 0 Å². The molecule has 0 fully saturated rings. The second-order valence-corrected chi connectivity index (χ2v) is 4.11. The van der Waals surface area contributed by atoms with Gasteiger partial charge in [0.25, 0.3) is 11.8 Å². The SMILES string of the molecule is C[C@@H](O)CNC(=O)c1ccc2c(c1)OCC(=O)N2. The number of rotatable bonds is 3. The third-order valence-electron chi connectivity index (χ3n) is 2.43. The van der Waals surface area contributed by atoms with Crippen LogP contribution >= 0.6 is 0 Å². The van der Waals surface area contributed by atoms with Crippen molar-refractivity contribution < 1.29 is 19.4 Å². The third-order valence-corrected chi connectivity index (χ3v) is 2.43. The Morgan fingerprint density at radius 3 is 3.11 bits per heavy atom. The molecule has 3 N–H and O–H groups in total. The minimum Gasteiger partial charge on any atom is -0.482 e. The largest absolute Gasteiger partial charge is 0.482 e. The van der Waals surface area contributed by atoms with Crippen molar-refractivity contribution >= 4 is 17.5 Å². The van der Waals surface area contributed by atoms with E-state index in [0.29, 0.717) is 17.0 Å². The van der Waals surface area contributed by atoms with Crippen LogP contribution in [-0.4, -0.2) is 36.2 Å². The molecule has 96 valence electrons. The molecule has 0 bridgehead atoms. The average Bonchev–Trinajstić information content (AvgIpc) is 2.35. The van der Waals surface area contributed by atoms with Crippen molar-refractivity contribution in [3.63, 3.8) is 0 Å². The highest BCUT2D eigenvalue weighted by Crippen LogP contribution is 2.28. The Labute approximate surface area is 104 Å². The highest BCUT2D eigenvalue weighted by molar-refractivity contribution is 5.98. The molecule has 1 aliphatic heterocycles. The van der Waals surface area contributed by atoms with Crippen molar-refractivity contribution in [1.82, 2.24) is 5.32 Å². The van der Waals surface area contributed by atoms with E-state index in [1.807, 2.05) is 0 Å². The van der Waals surface area contributed by atoms with Crippen LogP contribution in [0.2, 0.25) is 0 Å². The van der Waals surface area contributed by atoms with Gasteiger partial charge in [-0.1, -0.05) is 0 Å². The molecule has 0 aliphatic carbocycles. The first-order valence-corrected chi connectivity index (χ1v) is 5.59. The summed E-state index contributed by atoms with van der Waals surface area (Å²) in [7, 11) is 0. The molecule has 6 heteroatoms. The maximum Gasteiger partial charge on any atom is 0.262 e. The van der Waals surface area contributed by atoms with Gasteiger partial charge in [0, 0.05) is 12.1 Å². The fraction of sp³-hybridized carbons (Fsp3) is 0.333. The van der Waals surface area contributed by atoms with Crippen molar-refractivity contribution in [2.45, 2.75) is 13.0 Å². The number of fused-ring (bicyclic) bond motifs is 1. The number of carbonyl (C=O) groups excluding carboxylic acids is 2. The second kappa shape index (κ2) is 5.05. The van der Waals surface area contributed by atoms with Gasteiger partial charge in [0.1, 0.15) is 5.75 Å². The summed E-state index contributed by atoms with van der Waals surface area (Å²) in [6, 6.07) is 4.76. The highest BCUT2D eigenvalue weighted by Gasteiger charge is 2.17. The molecular weight excluding hydrogens is 236 g/mol. The number of carbonyl (C=O) groups is 2. The lowest BCUT2D eigenvalue weighted by molar-refractivity contribution is -0.118. The summed E-state index contributed by atoms with van der Waals surface area (Å²) in [4.78, 5) is 22.8. The third kappa shape index (κ3) is 2.78. The number of nitrogens with one attached hydrogen (secondary N) is 2. The predicted molar refractivity (Wildman–Crippen MR) is 64.6 cm³/mol. The van der Waals surface area contributed by atoms with Crippen LogP contribution < -0.4 is 15.4 Å². The van der Waals surface area contributed by atoms with Gasteiger partial charge in [0.05, 0.1) is 11.8 Å². The van der Waals surface area contributed by atoms with Crippen LogP contribution in [0.3, 0.4) is 0 Å². The number of hydrogen-bond donors (Lipinski definition) is 3. The zero-order valence-corrected chi connectivity index (χ0v) is 9.90. The maximum absolute atomic E-state index is 11.7. The number of amides is 2. The number of anilines is 1. The fourth-order valence-electron chi connectivity index (χ4n) is 1.56. The van der Waals surface area contributed by atoms with Crippen molar-refractivity contribution in [3.05, 3.63) is 23.8 Å². The smallest absolute Gasteiger partial charge is 0.262 e. The van der Waals surface area contributed by atoms with E-state index >= 15 is 0 Å². The Kier molecular flexibility index (Phi) is 3.47. The number of aliphatic hydroxyl groups is 1. The van der Waals surface area contributed by atoms with Gasteiger partial charge in [-0.2, -0.15) is 0 Å². The van der Waals surface area contributed by atoms with Gasteiger partial charge < -0.3 is 20.5 Å². The van der Waals surface area contributed by atoms with Crippen LogP contribution in [0.4, 0.5) is 5.69 Å². The van der Waals surface area contributed by atoms with E-state index in [9.17, 15) is 9.59 Å². The number of ether oxygens (including phenoxy) is 1. The van der Waals surface area contributed by atoms with Crippen molar-refractivity contribution in [3.8, 4) is 5.75 Å². The Bertz CT molecular complexity index is 485. The van der Waals surface area contributed by atoms with E-state index < -0.39 is 6.10 Å². The molecule has 1 aliphatic rings. The second-order valence-electron chi connectivity index (χ2n) is 4.11. The lowest BCUT2D eigenvalue weighted by Crippen LogP contribution is -2.31. The number of aliphatic hydroxyl groups excluding tert-OH is 1. The van der Waals surface area contributed by atoms with Crippen LogP contribution in [0.1, 0.15) is 17.3 Å².